The van der Waals surface area contributed by atoms with Crippen LogP contribution in [-0.2, 0) is 0 Å². The molecule has 0 heterocycles. The van der Waals surface area contributed by atoms with Crippen molar-refractivity contribution in [3.05, 3.63) is 24.3 Å². The summed E-state index contributed by atoms with van der Waals surface area (Å²) in [6.07, 6.45) is 2.64. The van der Waals surface area contributed by atoms with E-state index < -0.39 is 0 Å². The minimum absolute atomic E-state index is 0.249. The van der Waals surface area contributed by atoms with Gasteiger partial charge >= 0.3 is 0 Å². The zero-order valence-electron chi connectivity index (χ0n) is 7.75. The van der Waals surface area contributed by atoms with Gasteiger partial charge in [0.15, 0.2) is 0 Å². The Labute approximate surface area is 74.0 Å². The van der Waals surface area contributed by atoms with Gasteiger partial charge in [-0.15, -0.1) is 0 Å². The van der Waals surface area contributed by atoms with Crippen LogP contribution >= 0.6 is 0 Å². The van der Waals surface area contributed by atoms with E-state index in [9.17, 15) is 0 Å². The van der Waals surface area contributed by atoms with Crippen LogP contribution in [0.25, 0.3) is 0 Å². The molecule has 2 nitrogen and oxygen atoms in total. The quantitative estimate of drug-likeness (QED) is 0.499. The second-order valence-corrected chi connectivity index (χ2v) is 2.59. The zero-order chi connectivity index (χ0) is 9.40. The lowest BCUT2D eigenvalue weighted by atomic mass is 10.3. The van der Waals surface area contributed by atoms with E-state index >= 15 is 0 Å². The highest BCUT2D eigenvalue weighted by atomic mass is 16.3. The summed E-state index contributed by atoms with van der Waals surface area (Å²) < 4.78 is 0. The number of phenols is 1. The van der Waals surface area contributed by atoms with Crippen LogP contribution in [0.15, 0.2) is 24.3 Å². The van der Waals surface area contributed by atoms with Gasteiger partial charge in [0.2, 0.25) is 0 Å². The normalized spacial score (nSPS) is 8.50. The van der Waals surface area contributed by atoms with Crippen molar-refractivity contribution in [3.63, 3.8) is 0 Å². The molecule has 0 fully saturated rings. The van der Waals surface area contributed by atoms with Crippen molar-refractivity contribution in [3.8, 4) is 5.75 Å². The van der Waals surface area contributed by atoms with Gasteiger partial charge in [-0.05, 0) is 24.3 Å². The van der Waals surface area contributed by atoms with Crippen LogP contribution in [0.1, 0.15) is 26.7 Å². The van der Waals surface area contributed by atoms with Crippen molar-refractivity contribution < 1.29 is 5.11 Å². The van der Waals surface area contributed by atoms with E-state index in [0.29, 0.717) is 5.69 Å². The molecule has 0 spiro atoms. The highest BCUT2D eigenvalue weighted by Gasteiger charge is 1.82. The van der Waals surface area contributed by atoms with Gasteiger partial charge in [-0.2, -0.15) is 0 Å². The van der Waals surface area contributed by atoms with E-state index in [-0.39, 0.29) is 5.75 Å². The number of unbranched alkanes of at least 4 members (excludes halogenated alkanes) is 1. The Hall–Kier alpha value is -1.18. The number of rotatable bonds is 1. The molecule has 0 atom stereocenters. The molecule has 0 aliphatic rings. The van der Waals surface area contributed by atoms with Crippen LogP contribution in [0, 0.1) is 0 Å². The molecule has 0 aliphatic heterocycles. The Kier molecular flexibility index (Phi) is 5.88. The molecule has 0 aromatic heterocycles. The Balaban J connectivity index is 0.000000261. The lowest BCUT2D eigenvalue weighted by Gasteiger charge is -1.89. The first-order valence-corrected chi connectivity index (χ1v) is 4.25. The average molecular weight is 167 g/mol. The maximum atomic E-state index is 8.70. The Morgan fingerprint density at radius 3 is 1.75 bits per heavy atom. The summed E-state index contributed by atoms with van der Waals surface area (Å²) in [5.41, 5.74) is 5.98. The Morgan fingerprint density at radius 2 is 1.50 bits per heavy atom. The van der Waals surface area contributed by atoms with Gasteiger partial charge in [0, 0.05) is 5.69 Å². The number of anilines is 1. The number of nitrogens with two attached hydrogens (primary N) is 1. The van der Waals surface area contributed by atoms with Crippen molar-refractivity contribution in [2.75, 3.05) is 5.73 Å². The molecule has 1 rings (SSSR count). The van der Waals surface area contributed by atoms with Crippen LogP contribution in [0.5, 0.6) is 5.75 Å². The van der Waals surface area contributed by atoms with Gasteiger partial charge in [-0.25, -0.2) is 0 Å². The van der Waals surface area contributed by atoms with E-state index in [1.165, 1.54) is 12.8 Å². The van der Waals surface area contributed by atoms with Gasteiger partial charge in [-0.3, -0.25) is 0 Å². The average Bonchev–Trinajstić information content (AvgIpc) is 2.11. The third-order valence-electron chi connectivity index (χ3n) is 1.39. The maximum Gasteiger partial charge on any atom is 0.115 e. The largest absolute Gasteiger partial charge is 0.508 e. The summed E-state index contributed by atoms with van der Waals surface area (Å²) in [7, 11) is 0. The second-order valence-electron chi connectivity index (χ2n) is 2.59. The van der Waals surface area contributed by atoms with Crippen molar-refractivity contribution in [2.45, 2.75) is 26.7 Å². The van der Waals surface area contributed by atoms with E-state index in [0.717, 1.165) is 0 Å². The smallest absolute Gasteiger partial charge is 0.115 e. The Morgan fingerprint density at radius 1 is 1.08 bits per heavy atom. The molecule has 0 radical (unpaired) electrons. The molecule has 1 aromatic rings. The fourth-order valence-electron chi connectivity index (χ4n) is 0.474. The van der Waals surface area contributed by atoms with Crippen molar-refractivity contribution in [1.29, 1.82) is 0 Å². The van der Waals surface area contributed by atoms with E-state index in [1.807, 2.05) is 0 Å². The first-order chi connectivity index (χ1) is 5.70. The first-order valence-electron chi connectivity index (χ1n) is 4.25. The molecule has 0 saturated carbocycles. The fourth-order valence-corrected chi connectivity index (χ4v) is 0.474. The molecular weight excluding hydrogens is 150 g/mol. The molecule has 68 valence electrons. The molecule has 1 aromatic carbocycles. The second kappa shape index (κ2) is 6.53. The monoisotopic (exact) mass is 167 g/mol. The van der Waals surface area contributed by atoms with Crippen LogP contribution in [0.3, 0.4) is 0 Å². The Bertz CT molecular complexity index is 170. The first kappa shape index (κ1) is 10.8. The highest BCUT2D eigenvalue weighted by Crippen LogP contribution is 2.09. The molecule has 2 heteroatoms. The van der Waals surface area contributed by atoms with Gasteiger partial charge < -0.3 is 10.8 Å². The molecule has 3 N–H and O–H groups in total. The van der Waals surface area contributed by atoms with Crippen molar-refractivity contribution in [1.82, 2.24) is 0 Å². The van der Waals surface area contributed by atoms with E-state index in [1.54, 1.807) is 24.3 Å². The van der Waals surface area contributed by atoms with Crippen molar-refractivity contribution >= 4 is 5.69 Å². The predicted molar refractivity (Wildman–Crippen MR) is 53.1 cm³/mol. The standard InChI is InChI=1S/C6H7NO.C4H10/c7-5-1-3-6(8)4-2-5;1-3-4-2/h1-4,8H,7H2;3-4H2,1-2H3. The number of hydrogen-bond acceptors (Lipinski definition) is 2. The molecule has 0 amide bonds. The van der Waals surface area contributed by atoms with Crippen LogP contribution in [0.2, 0.25) is 0 Å². The van der Waals surface area contributed by atoms with Gasteiger partial charge in [0.05, 0.1) is 0 Å². The number of hydrogen-bond donors (Lipinski definition) is 2. The summed E-state index contributed by atoms with van der Waals surface area (Å²) >= 11 is 0. The van der Waals surface area contributed by atoms with Gasteiger partial charge in [0.25, 0.3) is 0 Å². The van der Waals surface area contributed by atoms with Crippen LogP contribution in [0.4, 0.5) is 5.69 Å². The summed E-state index contributed by atoms with van der Waals surface area (Å²) in [4.78, 5) is 0. The van der Waals surface area contributed by atoms with Gasteiger partial charge in [-0.1, -0.05) is 26.7 Å². The molecule has 12 heavy (non-hydrogen) atoms. The lowest BCUT2D eigenvalue weighted by Crippen LogP contribution is -1.80. The third kappa shape index (κ3) is 5.59. The SMILES string of the molecule is CCCC.Nc1ccc(O)cc1. The molecular formula is C10H17NO. The molecule has 0 saturated heterocycles. The number of nitrogen functional groups attached to an aromatic ring is 1. The van der Waals surface area contributed by atoms with Crippen LogP contribution < -0.4 is 5.73 Å². The highest BCUT2D eigenvalue weighted by molar-refractivity contribution is 5.40. The topological polar surface area (TPSA) is 46.2 Å². The summed E-state index contributed by atoms with van der Waals surface area (Å²) in [5, 5.41) is 8.70. The fraction of sp³-hybridized carbons (Fsp3) is 0.400. The molecule has 0 unspecified atom stereocenters. The molecule has 0 bridgehead atoms. The minimum Gasteiger partial charge on any atom is -0.508 e. The third-order valence-corrected chi connectivity index (χ3v) is 1.39. The van der Waals surface area contributed by atoms with E-state index in [2.05, 4.69) is 13.8 Å². The summed E-state index contributed by atoms with van der Waals surface area (Å²) in [6, 6.07) is 6.40. The number of benzene rings is 1. The predicted octanol–water partition coefficient (Wildman–Crippen LogP) is 2.78. The maximum absolute atomic E-state index is 8.70. The number of phenolic OH excluding ortho intramolecular Hbond substituents is 1. The number of aromatic hydroxyl groups is 1. The van der Waals surface area contributed by atoms with Gasteiger partial charge in [0.1, 0.15) is 5.75 Å². The summed E-state index contributed by atoms with van der Waals surface area (Å²) in [6.45, 7) is 4.36. The zero-order valence-corrected chi connectivity index (χ0v) is 7.75. The van der Waals surface area contributed by atoms with Crippen molar-refractivity contribution in [2.24, 2.45) is 0 Å². The van der Waals surface area contributed by atoms with E-state index in [4.69, 9.17) is 10.8 Å². The summed E-state index contributed by atoms with van der Waals surface area (Å²) in [5.74, 6) is 0.249. The lowest BCUT2D eigenvalue weighted by molar-refractivity contribution is 0.475. The molecule has 0 aliphatic carbocycles. The van der Waals surface area contributed by atoms with Crippen LogP contribution in [-0.4, -0.2) is 5.11 Å². The minimum atomic E-state index is 0.249.